The van der Waals surface area contributed by atoms with Crippen molar-refractivity contribution < 1.29 is 63.5 Å². The molecular formula is C35H59NO13. The highest BCUT2D eigenvalue weighted by molar-refractivity contribution is 5.70. The lowest BCUT2D eigenvalue weighted by molar-refractivity contribution is -0.344. The van der Waals surface area contributed by atoms with Crippen molar-refractivity contribution in [3.05, 3.63) is 24.3 Å². The number of ether oxygens (including phenoxy) is 6. The maximum Gasteiger partial charge on any atom is 0.308 e. The Bertz CT molecular complexity index is 1100. The summed E-state index contributed by atoms with van der Waals surface area (Å²) in [4.78, 5) is 26.6. The Kier molecular flexibility index (Phi) is 15.8. The largest absolute Gasteiger partial charge is 0.462 e. The number of methoxy groups -OCH3 is 1. The van der Waals surface area contributed by atoms with Gasteiger partial charge in [0.05, 0.1) is 48.6 Å². The third-order valence-corrected chi connectivity index (χ3v) is 9.83. The van der Waals surface area contributed by atoms with Crippen LogP contribution in [-0.4, -0.2) is 149 Å². The molecule has 0 radical (unpaired) electrons. The Labute approximate surface area is 289 Å². The van der Waals surface area contributed by atoms with Crippen LogP contribution in [0.15, 0.2) is 24.3 Å². The van der Waals surface area contributed by atoms with Gasteiger partial charge in [0.15, 0.2) is 12.6 Å². The minimum absolute atomic E-state index is 0.0164. The average molecular weight is 702 g/mol. The Balaban J connectivity index is 1.94. The topological polar surface area (TPSA) is 194 Å². The van der Waals surface area contributed by atoms with E-state index in [1.807, 2.05) is 13.0 Å². The van der Waals surface area contributed by atoms with Crippen LogP contribution in [0.1, 0.15) is 66.7 Å². The molecule has 0 spiro atoms. The molecule has 49 heavy (non-hydrogen) atoms. The number of aliphatic hydroxyl groups is 5. The number of hydrogen-bond acceptors (Lipinski definition) is 14. The fourth-order valence-electron chi connectivity index (χ4n) is 7.04. The molecule has 3 aliphatic rings. The number of carbonyl (C=O) groups is 2. The van der Waals surface area contributed by atoms with Crippen LogP contribution in [0.25, 0.3) is 0 Å². The Morgan fingerprint density at radius 1 is 1.00 bits per heavy atom. The second-order valence-electron chi connectivity index (χ2n) is 14.3. The van der Waals surface area contributed by atoms with E-state index in [0.717, 1.165) is 6.29 Å². The molecule has 0 aromatic carbocycles. The molecule has 0 aromatic heterocycles. The fraction of sp³-hybridized carbons (Fsp3) is 0.829. The van der Waals surface area contributed by atoms with E-state index in [2.05, 4.69) is 0 Å². The van der Waals surface area contributed by atoms with Crippen LogP contribution < -0.4 is 0 Å². The van der Waals surface area contributed by atoms with E-state index >= 15 is 0 Å². The van der Waals surface area contributed by atoms with Crippen molar-refractivity contribution in [2.75, 3.05) is 21.2 Å². The number of cyclic esters (lactones) is 1. The Morgan fingerprint density at radius 3 is 2.31 bits per heavy atom. The van der Waals surface area contributed by atoms with Crippen molar-refractivity contribution >= 4 is 12.3 Å². The fourth-order valence-corrected chi connectivity index (χ4v) is 7.04. The number of likely N-dealkylation sites (N-methyl/N-ethyl adjacent to an activating group) is 1. The molecule has 5 N–H and O–H groups in total. The molecule has 2 saturated heterocycles. The highest BCUT2D eigenvalue weighted by Crippen LogP contribution is 2.36. The molecule has 3 aliphatic heterocycles. The molecule has 14 nitrogen and oxygen atoms in total. The summed E-state index contributed by atoms with van der Waals surface area (Å²) < 4.78 is 36.1. The molecule has 0 amide bonds. The van der Waals surface area contributed by atoms with Crippen LogP contribution in [0.2, 0.25) is 0 Å². The number of allylic oxidation sites excluding steroid dienone is 2. The minimum atomic E-state index is -1.46. The summed E-state index contributed by atoms with van der Waals surface area (Å²) in [5, 5.41) is 55.2. The number of hydrogen-bond donors (Lipinski definition) is 5. The lowest BCUT2D eigenvalue weighted by Crippen LogP contribution is -2.65. The first-order chi connectivity index (χ1) is 23.0. The summed E-state index contributed by atoms with van der Waals surface area (Å²) in [5.74, 6) is -1.64. The van der Waals surface area contributed by atoms with Gasteiger partial charge in [-0.25, -0.2) is 0 Å². The van der Waals surface area contributed by atoms with Crippen LogP contribution in [0.3, 0.4) is 0 Å². The zero-order valence-electron chi connectivity index (χ0n) is 30.0. The molecular weight excluding hydrogens is 642 g/mol. The van der Waals surface area contributed by atoms with Crippen molar-refractivity contribution in [3.8, 4) is 0 Å². The monoisotopic (exact) mass is 701 g/mol. The van der Waals surface area contributed by atoms with Crippen molar-refractivity contribution in [2.24, 2.45) is 11.8 Å². The van der Waals surface area contributed by atoms with Crippen LogP contribution >= 0.6 is 0 Å². The van der Waals surface area contributed by atoms with Crippen LogP contribution in [0, 0.1) is 11.8 Å². The highest BCUT2D eigenvalue weighted by Gasteiger charge is 2.51. The van der Waals surface area contributed by atoms with Gasteiger partial charge in [0.25, 0.3) is 0 Å². The molecule has 282 valence electrons. The predicted molar refractivity (Wildman–Crippen MR) is 177 cm³/mol. The standard InChI is InChI=1S/C35H59NO13/c1-19-16-23(14-15-37)31(32(44-8)25(39)17-26(40)45-20(2)12-10-9-11-13-24(19)38)49-34-29(41)28(36(6)7)30(21(3)47-34)48-27-18-35(5,43)33(42)22(4)46-27/h9-11,13,15,19-25,27-34,38-39,41-43H,12,14,16-18H2,1-8H3/b10-9+,13-11+/t19-,20-,21-,22+,23?,24+,25-,27+,28-,29-,30-,31+,32?,33+,34+,35-/m1/s1. The summed E-state index contributed by atoms with van der Waals surface area (Å²) in [7, 11) is 4.86. The molecule has 0 aromatic rings. The second-order valence-corrected chi connectivity index (χ2v) is 14.3. The Hall–Kier alpha value is -1.82. The van der Waals surface area contributed by atoms with Gasteiger partial charge in [0.1, 0.15) is 36.8 Å². The molecule has 0 saturated carbocycles. The van der Waals surface area contributed by atoms with Crippen molar-refractivity contribution in [2.45, 2.75) is 152 Å². The number of aliphatic hydroxyl groups excluding tert-OH is 4. The Morgan fingerprint density at radius 2 is 1.69 bits per heavy atom. The molecule has 3 heterocycles. The van der Waals surface area contributed by atoms with E-state index < -0.39 is 104 Å². The van der Waals surface area contributed by atoms with E-state index in [0.29, 0.717) is 6.42 Å². The maximum atomic E-state index is 12.8. The summed E-state index contributed by atoms with van der Waals surface area (Å²) in [6, 6.07) is -0.721. The summed E-state index contributed by atoms with van der Waals surface area (Å²) in [6.45, 7) is 8.44. The first-order valence-electron chi connectivity index (χ1n) is 17.2. The highest BCUT2D eigenvalue weighted by atomic mass is 16.7. The van der Waals surface area contributed by atoms with E-state index in [9.17, 15) is 35.1 Å². The van der Waals surface area contributed by atoms with Gasteiger partial charge in [0.2, 0.25) is 0 Å². The number of esters is 1. The number of aldehydes is 1. The number of carbonyl (C=O) groups excluding carboxylic acids is 2. The molecule has 2 fully saturated rings. The molecule has 3 rings (SSSR count). The molecule has 0 aliphatic carbocycles. The molecule has 16 atom stereocenters. The van der Waals surface area contributed by atoms with Gasteiger partial charge in [-0.2, -0.15) is 0 Å². The number of rotatable bonds is 8. The molecule has 2 unspecified atom stereocenters. The third-order valence-electron chi connectivity index (χ3n) is 9.83. The summed E-state index contributed by atoms with van der Waals surface area (Å²) in [6.07, 6.45) is -4.00. The van der Waals surface area contributed by atoms with E-state index in [1.54, 1.807) is 58.0 Å². The van der Waals surface area contributed by atoms with Gasteiger partial charge in [0, 0.05) is 26.4 Å². The van der Waals surface area contributed by atoms with Gasteiger partial charge >= 0.3 is 5.97 Å². The quantitative estimate of drug-likeness (QED) is 0.177. The smallest absolute Gasteiger partial charge is 0.308 e. The van der Waals surface area contributed by atoms with E-state index in [1.165, 1.54) is 14.0 Å². The van der Waals surface area contributed by atoms with Crippen molar-refractivity contribution in [1.82, 2.24) is 4.90 Å². The average Bonchev–Trinajstić information content (AvgIpc) is 3.00. The first-order valence-corrected chi connectivity index (χ1v) is 17.2. The summed E-state index contributed by atoms with van der Waals surface area (Å²) >= 11 is 0. The SMILES string of the molecule is COC1[C@@H](O[C@@H]2O[C@H](C)[C@@H](O[C@H]3C[C@@](C)(O)[C@@H](O)[C@H](C)O3)[C@H](N(C)C)[C@H]2O)C(CC=O)C[C@@H](C)[C@@H](O)/C=C/C=C/C[C@@H](C)OC(=O)C[C@H]1O. The number of nitrogens with zero attached hydrogens (tertiary/aromatic N) is 1. The first kappa shape index (κ1) is 41.6. The van der Waals surface area contributed by atoms with Crippen LogP contribution in [0.4, 0.5) is 0 Å². The van der Waals surface area contributed by atoms with E-state index in [4.69, 9.17) is 28.4 Å². The minimum Gasteiger partial charge on any atom is -0.462 e. The second kappa shape index (κ2) is 18.6. The maximum absolute atomic E-state index is 12.8. The third kappa shape index (κ3) is 11.1. The lowest BCUT2D eigenvalue weighted by atomic mass is 9.82. The van der Waals surface area contributed by atoms with Crippen molar-refractivity contribution in [3.63, 3.8) is 0 Å². The van der Waals surface area contributed by atoms with Gasteiger partial charge < -0.3 is 63.6 Å². The zero-order chi connectivity index (χ0) is 36.6. The van der Waals surface area contributed by atoms with E-state index in [-0.39, 0.29) is 25.2 Å². The normalized spacial score (nSPS) is 46.2. The molecule has 14 heteroatoms. The predicted octanol–water partition coefficient (Wildman–Crippen LogP) is 0.846. The van der Waals surface area contributed by atoms with Gasteiger partial charge in [-0.3, -0.25) is 4.79 Å². The zero-order valence-corrected chi connectivity index (χ0v) is 30.0. The van der Waals surface area contributed by atoms with Gasteiger partial charge in [-0.15, -0.1) is 0 Å². The lowest BCUT2D eigenvalue weighted by Gasteiger charge is -2.50. The van der Waals surface area contributed by atoms with Crippen molar-refractivity contribution in [1.29, 1.82) is 0 Å². The van der Waals surface area contributed by atoms with Gasteiger partial charge in [-0.1, -0.05) is 31.2 Å². The summed E-state index contributed by atoms with van der Waals surface area (Å²) in [5.41, 5.74) is -1.46. The van der Waals surface area contributed by atoms with Gasteiger partial charge in [-0.05, 0) is 60.0 Å². The van der Waals surface area contributed by atoms with Crippen LogP contribution in [-0.2, 0) is 38.0 Å². The molecule has 0 bridgehead atoms. The van der Waals surface area contributed by atoms with Crippen LogP contribution in [0.5, 0.6) is 0 Å².